The Morgan fingerprint density at radius 2 is 1.94 bits per heavy atom. The predicted octanol–water partition coefficient (Wildman–Crippen LogP) is 4.26. The molecule has 0 spiro atoms. The van der Waals surface area contributed by atoms with E-state index in [1.807, 2.05) is 37.3 Å². The summed E-state index contributed by atoms with van der Waals surface area (Å²) in [5.74, 6) is -0.243. The number of ether oxygens (including phenoxy) is 1. The highest BCUT2D eigenvalue weighted by atomic mass is 16.5. The van der Waals surface area contributed by atoms with Gasteiger partial charge < -0.3 is 4.74 Å². The van der Waals surface area contributed by atoms with Crippen LogP contribution in [0.2, 0.25) is 0 Å². The van der Waals surface area contributed by atoms with Crippen LogP contribution in [0.4, 0.5) is 0 Å². The number of hydrogen-bond donors (Lipinski definition) is 0. The molecule has 2 nitrogen and oxygen atoms in total. The van der Waals surface area contributed by atoms with Crippen molar-refractivity contribution in [3.05, 3.63) is 47.5 Å². The number of carbonyl (C=O) groups is 1. The third kappa shape index (κ3) is 6.24. The van der Waals surface area contributed by atoms with Crippen molar-refractivity contribution in [1.29, 1.82) is 0 Å². The Hall–Kier alpha value is -1.57. The lowest BCUT2D eigenvalue weighted by Crippen LogP contribution is -2.01. The number of benzene rings is 1. The van der Waals surface area contributed by atoms with Crippen LogP contribution in [0.25, 0.3) is 0 Å². The lowest BCUT2D eigenvalue weighted by Gasteiger charge is -2.03. The molecule has 0 aliphatic heterocycles. The van der Waals surface area contributed by atoms with Gasteiger partial charge in [-0.2, -0.15) is 0 Å². The lowest BCUT2D eigenvalue weighted by molar-refractivity contribution is -0.139. The van der Waals surface area contributed by atoms with Crippen molar-refractivity contribution >= 4 is 5.97 Å². The van der Waals surface area contributed by atoms with Crippen molar-refractivity contribution in [1.82, 2.24) is 0 Å². The molecule has 0 bridgehead atoms. The molecule has 2 heteroatoms. The van der Waals surface area contributed by atoms with Crippen molar-refractivity contribution in [2.75, 3.05) is 0 Å². The molecule has 18 heavy (non-hydrogen) atoms. The molecule has 1 rings (SSSR count). The molecule has 0 heterocycles. The third-order valence-electron chi connectivity index (χ3n) is 2.76. The second-order valence-corrected chi connectivity index (χ2v) is 4.54. The molecule has 0 unspecified atom stereocenters. The average molecular weight is 246 g/mol. The fourth-order valence-electron chi connectivity index (χ4n) is 1.70. The van der Waals surface area contributed by atoms with E-state index >= 15 is 0 Å². The summed E-state index contributed by atoms with van der Waals surface area (Å²) in [4.78, 5) is 11.6. The summed E-state index contributed by atoms with van der Waals surface area (Å²) in [5, 5.41) is 0. The SMILES string of the molecule is CCCCCC(C)=CC(=O)OCc1ccccc1. The molecule has 0 atom stereocenters. The first kappa shape index (κ1) is 14.5. The van der Waals surface area contributed by atoms with Gasteiger partial charge in [-0.25, -0.2) is 4.79 Å². The first-order chi connectivity index (χ1) is 8.72. The van der Waals surface area contributed by atoms with Gasteiger partial charge in [-0.1, -0.05) is 55.7 Å². The predicted molar refractivity (Wildman–Crippen MR) is 74.1 cm³/mol. The summed E-state index contributed by atoms with van der Waals surface area (Å²) in [6.45, 7) is 4.50. The van der Waals surface area contributed by atoms with Gasteiger partial charge in [0.25, 0.3) is 0 Å². The Balaban J connectivity index is 2.30. The zero-order valence-corrected chi connectivity index (χ0v) is 11.3. The standard InChI is InChI=1S/C16H22O2/c1-3-4-6-9-14(2)12-16(17)18-13-15-10-7-5-8-11-15/h5,7-8,10-12H,3-4,6,9,13H2,1-2H3. The summed E-state index contributed by atoms with van der Waals surface area (Å²) in [7, 11) is 0. The van der Waals surface area contributed by atoms with E-state index in [1.54, 1.807) is 6.08 Å². The van der Waals surface area contributed by atoms with E-state index in [-0.39, 0.29) is 5.97 Å². The Labute approximate surface area is 110 Å². The molecule has 0 aromatic heterocycles. The molecule has 0 fully saturated rings. The van der Waals surface area contributed by atoms with Crippen molar-refractivity contribution in [3.63, 3.8) is 0 Å². The lowest BCUT2D eigenvalue weighted by atomic mass is 10.1. The number of hydrogen-bond acceptors (Lipinski definition) is 2. The van der Waals surface area contributed by atoms with Gasteiger partial charge in [0, 0.05) is 6.08 Å². The minimum absolute atomic E-state index is 0.243. The Morgan fingerprint density at radius 1 is 1.22 bits per heavy atom. The van der Waals surface area contributed by atoms with E-state index in [0.717, 1.165) is 24.0 Å². The van der Waals surface area contributed by atoms with Gasteiger partial charge in [-0.15, -0.1) is 0 Å². The first-order valence-corrected chi connectivity index (χ1v) is 6.60. The van der Waals surface area contributed by atoms with Crippen LogP contribution in [-0.4, -0.2) is 5.97 Å². The smallest absolute Gasteiger partial charge is 0.331 e. The Bertz CT molecular complexity index is 379. The molecule has 0 aliphatic carbocycles. The minimum atomic E-state index is -0.243. The number of allylic oxidation sites excluding steroid dienone is 1. The minimum Gasteiger partial charge on any atom is -0.458 e. The van der Waals surface area contributed by atoms with Gasteiger partial charge in [0.05, 0.1) is 0 Å². The van der Waals surface area contributed by atoms with Gasteiger partial charge in [0.1, 0.15) is 6.61 Å². The van der Waals surface area contributed by atoms with Gasteiger partial charge in [-0.05, 0) is 25.3 Å². The topological polar surface area (TPSA) is 26.3 Å². The van der Waals surface area contributed by atoms with Crippen LogP contribution in [0, 0.1) is 0 Å². The highest BCUT2D eigenvalue weighted by Gasteiger charge is 2.00. The number of unbranched alkanes of at least 4 members (excludes halogenated alkanes) is 2. The van der Waals surface area contributed by atoms with Gasteiger partial charge >= 0.3 is 5.97 Å². The van der Waals surface area contributed by atoms with Crippen LogP contribution < -0.4 is 0 Å². The van der Waals surface area contributed by atoms with E-state index < -0.39 is 0 Å². The molecule has 0 saturated carbocycles. The Kier molecular flexibility index (Phi) is 6.85. The number of rotatable bonds is 7. The molecule has 0 radical (unpaired) electrons. The monoisotopic (exact) mass is 246 g/mol. The summed E-state index contributed by atoms with van der Waals surface area (Å²) in [6, 6.07) is 9.73. The molecule has 98 valence electrons. The maximum absolute atomic E-state index is 11.6. The van der Waals surface area contributed by atoms with Crippen LogP contribution in [0.5, 0.6) is 0 Å². The molecular weight excluding hydrogens is 224 g/mol. The van der Waals surface area contributed by atoms with E-state index in [4.69, 9.17) is 4.74 Å². The van der Waals surface area contributed by atoms with Gasteiger partial charge in [-0.3, -0.25) is 0 Å². The molecule has 1 aromatic rings. The number of carbonyl (C=O) groups excluding carboxylic acids is 1. The molecule has 1 aromatic carbocycles. The summed E-state index contributed by atoms with van der Waals surface area (Å²) in [6.07, 6.45) is 6.15. The molecule has 0 saturated heterocycles. The van der Waals surface area contributed by atoms with Gasteiger partial charge in [0.15, 0.2) is 0 Å². The largest absolute Gasteiger partial charge is 0.458 e. The number of esters is 1. The summed E-state index contributed by atoms with van der Waals surface area (Å²) in [5.41, 5.74) is 2.12. The molecule has 0 amide bonds. The van der Waals surface area contributed by atoms with Gasteiger partial charge in [0.2, 0.25) is 0 Å². The van der Waals surface area contributed by atoms with Crippen LogP contribution in [0.15, 0.2) is 42.0 Å². The summed E-state index contributed by atoms with van der Waals surface area (Å²) < 4.78 is 5.19. The van der Waals surface area contributed by atoms with Crippen LogP contribution in [0.1, 0.15) is 45.1 Å². The normalized spacial score (nSPS) is 11.3. The highest BCUT2D eigenvalue weighted by Crippen LogP contribution is 2.08. The highest BCUT2D eigenvalue weighted by molar-refractivity contribution is 5.82. The van der Waals surface area contributed by atoms with Crippen molar-refractivity contribution in [3.8, 4) is 0 Å². The second kappa shape index (κ2) is 8.51. The van der Waals surface area contributed by atoms with Crippen LogP contribution in [0.3, 0.4) is 0 Å². The fourth-order valence-corrected chi connectivity index (χ4v) is 1.70. The van der Waals surface area contributed by atoms with E-state index in [2.05, 4.69) is 6.92 Å². The van der Waals surface area contributed by atoms with E-state index in [1.165, 1.54) is 12.8 Å². The third-order valence-corrected chi connectivity index (χ3v) is 2.76. The average Bonchev–Trinajstić information content (AvgIpc) is 2.38. The van der Waals surface area contributed by atoms with Crippen LogP contribution >= 0.6 is 0 Å². The quantitative estimate of drug-likeness (QED) is 0.408. The fraction of sp³-hybridized carbons (Fsp3) is 0.438. The summed E-state index contributed by atoms with van der Waals surface area (Å²) >= 11 is 0. The molecular formula is C16H22O2. The van der Waals surface area contributed by atoms with Crippen LogP contribution in [-0.2, 0) is 16.1 Å². The maximum atomic E-state index is 11.6. The Morgan fingerprint density at radius 3 is 2.61 bits per heavy atom. The van der Waals surface area contributed by atoms with E-state index in [9.17, 15) is 4.79 Å². The molecule has 0 aliphatic rings. The first-order valence-electron chi connectivity index (χ1n) is 6.60. The second-order valence-electron chi connectivity index (χ2n) is 4.54. The van der Waals surface area contributed by atoms with Crippen molar-refractivity contribution in [2.24, 2.45) is 0 Å². The van der Waals surface area contributed by atoms with Crippen molar-refractivity contribution in [2.45, 2.75) is 46.1 Å². The zero-order chi connectivity index (χ0) is 13.2. The maximum Gasteiger partial charge on any atom is 0.331 e. The molecule has 0 N–H and O–H groups in total. The zero-order valence-electron chi connectivity index (χ0n) is 11.3. The van der Waals surface area contributed by atoms with Crippen molar-refractivity contribution < 1.29 is 9.53 Å². The van der Waals surface area contributed by atoms with E-state index in [0.29, 0.717) is 6.61 Å².